The molecule has 0 atom stereocenters. The highest BCUT2D eigenvalue weighted by molar-refractivity contribution is 6.05. The summed E-state index contributed by atoms with van der Waals surface area (Å²) in [6, 6.07) is 6.44. The van der Waals surface area contributed by atoms with Crippen LogP contribution in [0.5, 0.6) is 23.1 Å². The summed E-state index contributed by atoms with van der Waals surface area (Å²) in [5.74, 6) is -0.606. The van der Waals surface area contributed by atoms with Crippen LogP contribution in [0.15, 0.2) is 42.7 Å². The molecule has 0 fully saturated rings. The van der Waals surface area contributed by atoms with E-state index in [1.165, 1.54) is 50.9 Å². The number of rotatable bonds is 6. The lowest BCUT2D eigenvalue weighted by Crippen LogP contribution is -2.18. The zero-order valence-electron chi connectivity index (χ0n) is 15.6. The molecule has 30 heavy (non-hydrogen) atoms. The number of benzene rings is 1. The van der Waals surface area contributed by atoms with Crippen molar-refractivity contribution in [1.82, 2.24) is 20.4 Å². The fourth-order valence-electron chi connectivity index (χ4n) is 2.28. The number of carbonyl (C=O) groups is 1. The number of amides is 1. The van der Waals surface area contributed by atoms with Crippen molar-refractivity contribution in [3.05, 3.63) is 54.0 Å². The van der Waals surface area contributed by atoms with E-state index in [9.17, 15) is 18.0 Å². The quantitative estimate of drug-likeness (QED) is 0.646. The minimum atomic E-state index is -4.81. The second-order valence-corrected chi connectivity index (χ2v) is 5.65. The maximum absolute atomic E-state index is 13.1. The minimum Gasteiger partial charge on any atom is -0.497 e. The third-order valence-electron chi connectivity index (χ3n) is 3.71. The second-order valence-electron chi connectivity index (χ2n) is 5.65. The summed E-state index contributed by atoms with van der Waals surface area (Å²) < 4.78 is 55.1. The van der Waals surface area contributed by atoms with Crippen molar-refractivity contribution >= 4 is 11.6 Å². The average Bonchev–Trinajstić information content (AvgIpc) is 2.74. The van der Waals surface area contributed by atoms with Crippen LogP contribution in [0.3, 0.4) is 0 Å². The molecular weight excluding hydrogens is 407 g/mol. The Morgan fingerprint density at radius 1 is 1.00 bits per heavy atom. The molecule has 0 aliphatic heterocycles. The number of nitrogens with zero attached hydrogens (tertiary/aromatic N) is 4. The van der Waals surface area contributed by atoms with Crippen LogP contribution in [0.4, 0.5) is 18.9 Å². The van der Waals surface area contributed by atoms with E-state index >= 15 is 0 Å². The molecule has 2 heterocycles. The molecule has 1 amide bonds. The van der Waals surface area contributed by atoms with Crippen molar-refractivity contribution in [2.45, 2.75) is 6.18 Å². The predicted octanol–water partition coefficient (Wildman–Crippen LogP) is 3.35. The zero-order valence-corrected chi connectivity index (χ0v) is 15.6. The molecule has 0 saturated heterocycles. The summed E-state index contributed by atoms with van der Waals surface area (Å²) >= 11 is 0. The van der Waals surface area contributed by atoms with Gasteiger partial charge in [-0.15, -0.1) is 10.2 Å². The number of aromatic nitrogens is 4. The predicted molar refractivity (Wildman–Crippen MR) is 96.6 cm³/mol. The molecule has 0 spiro atoms. The molecule has 1 N–H and O–H groups in total. The van der Waals surface area contributed by atoms with Crippen molar-refractivity contribution in [2.75, 3.05) is 19.5 Å². The van der Waals surface area contributed by atoms with Gasteiger partial charge < -0.3 is 19.5 Å². The van der Waals surface area contributed by atoms with Gasteiger partial charge in [0.15, 0.2) is 17.2 Å². The normalized spacial score (nSPS) is 11.0. The molecule has 1 aromatic carbocycles. The lowest BCUT2D eigenvalue weighted by Gasteiger charge is -2.14. The zero-order chi connectivity index (χ0) is 21.7. The first-order chi connectivity index (χ1) is 14.3. The van der Waals surface area contributed by atoms with E-state index in [1.807, 2.05) is 0 Å². The highest BCUT2D eigenvalue weighted by Crippen LogP contribution is 2.36. The van der Waals surface area contributed by atoms with Gasteiger partial charge in [-0.2, -0.15) is 23.4 Å². The van der Waals surface area contributed by atoms with E-state index in [-0.39, 0.29) is 17.2 Å². The number of hydrogen-bond acceptors (Lipinski definition) is 8. The number of halogens is 3. The van der Waals surface area contributed by atoms with E-state index in [2.05, 4.69) is 25.7 Å². The standard InChI is InChI=1S/C18H14F3N5O4/c1-28-11-3-4-13(14(7-11)29-2)30-17-12(8-15(25-26-17)18(19,20)21)16(27)24-10-5-6-22-23-9-10/h3-9H,1-2H3,(H,22,24,27). The molecule has 3 rings (SSSR count). The lowest BCUT2D eigenvalue weighted by atomic mass is 10.2. The molecule has 0 aliphatic rings. The molecule has 0 saturated carbocycles. The van der Waals surface area contributed by atoms with Crippen LogP contribution in [0, 0.1) is 0 Å². The summed E-state index contributed by atoms with van der Waals surface area (Å²) in [4.78, 5) is 12.6. The van der Waals surface area contributed by atoms with Crippen LogP contribution in [0.2, 0.25) is 0 Å². The fraction of sp³-hybridized carbons (Fsp3) is 0.167. The number of alkyl halides is 3. The van der Waals surface area contributed by atoms with Crippen molar-refractivity contribution in [3.8, 4) is 23.1 Å². The highest BCUT2D eigenvalue weighted by atomic mass is 19.4. The maximum Gasteiger partial charge on any atom is 0.435 e. The molecule has 0 radical (unpaired) electrons. The van der Waals surface area contributed by atoms with E-state index in [0.717, 1.165) is 0 Å². The number of methoxy groups -OCH3 is 2. The van der Waals surface area contributed by atoms with Crippen molar-refractivity contribution in [3.63, 3.8) is 0 Å². The molecule has 2 aromatic heterocycles. The van der Waals surface area contributed by atoms with Crippen LogP contribution in [-0.4, -0.2) is 40.5 Å². The molecule has 9 nitrogen and oxygen atoms in total. The van der Waals surface area contributed by atoms with Gasteiger partial charge in [0.25, 0.3) is 11.8 Å². The Labute approximate surface area is 167 Å². The van der Waals surface area contributed by atoms with Crippen LogP contribution in [0.1, 0.15) is 16.1 Å². The van der Waals surface area contributed by atoms with Crippen molar-refractivity contribution in [1.29, 1.82) is 0 Å². The summed E-state index contributed by atoms with van der Waals surface area (Å²) in [6.45, 7) is 0. The van der Waals surface area contributed by atoms with Crippen molar-refractivity contribution in [2.24, 2.45) is 0 Å². The van der Waals surface area contributed by atoms with Gasteiger partial charge in [-0.05, 0) is 24.3 Å². The Morgan fingerprint density at radius 2 is 1.80 bits per heavy atom. The molecule has 156 valence electrons. The van der Waals surface area contributed by atoms with E-state index in [1.54, 1.807) is 0 Å². The Morgan fingerprint density at radius 3 is 2.43 bits per heavy atom. The van der Waals surface area contributed by atoms with E-state index < -0.39 is 29.2 Å². The fourth-order valence-corrected chi connectivity index (χ4v) is 2.28. The first-order valence-corrected chi connectivity index (χ1v) is 8.24. The first-order valence-electron chi connectivity index (χ1n) is 8.24. The van der Waals surface area contributed by atoms with E-state index in [4.69, 9.17) is 14.2 Å². The third kappa shape index (κ3) is 4.71. The van der Waals surface area contributed by atoms with E-state index in [0.29, 0.717) is 11.8 Å². The molecular formula is C18H14F3N5O4. The Hall–Kier alpha value is -3.96. The number of anilines is 1. The average molecular weight is 421 g/mol. The highest BCUT2D eigenvalue weighted by Gasteiger charge is 2.35. The van der Waals surface area contributed by atoms with Crippen molar-refractivity contribution < 1.29 is 32.2 Å². The largest absolute Gasteiger partial charge is 0.497 e. The van der Waals surface area contributed by atoms with Gasteiger partial charge in [0.1, 0.15) is 11.3 Å². The van der Waals surface area contributed by atoms with Gasteiger partial charge in [-0.3, -0.25) is 4.79 Å². The summed E-state index contributed by atoms with van der Waals surface area (Å²) in [5.41, 5.74) is -1.63. The van der Waals surface area contributed by atoms with Crippen LogP contribution < -0.4 is 19.5 Å². The van der Waals surface area contributed by atoms with Gasteiger partial charge in [-0.25, -0.2) is 0 Å². The third-order valence-corrected chi connectivity index (χ3v) is 3.71. The van der Waals surface area contributed by atoms with Crippen LogP contribution >= 0.6 is 0 Å². The first kappa shape index (κ1) is 20.8. The number of nitrogens with one attached hydrogen (secondary N) is 1. The molecule has 0 aliphatic carbocycles. The summed E-state index contributed by atoms with van der Waals surface area (Å²) in [5, 5.41) is 16.1. The summed E-state index contributed by atoms with van der Waals surface area (Å²) in [6.07, 6.45) is -2.28. The van der Waals surface area contributed by atoms with Crippen LogP contribution in [-0.2, 0) is 6.18 Å². The lowest BCUT2D eigenvalue weighted by molar-refractivity contribution is -0.141. The van der Waals surface area contributed by atoms with Gasteiger partial charge in [0.2, 0.25) is 0 Å². The Balaban J connectivity index is 2.00. The Bertz CT molecular complexity index is 1050. The Kier molecular flexibility index (Phi) is 5.95. The summed E-state index contributed by atoms with van der Waals surface area (Å²) in [7, 11) is 2.82. The SMILES string of the molecule is COc1ccc(Oc2nnc(C(F)(F)F)cc2C(=O)Nc2ccnnc2)c(OC)c1. The smallest absolute Gasteiger partial charge is 0.435 e. The molecule has 3 aromatic rings. The van der Waals surface area contributed by atoms with Crippen LogP contribution in [0.25, 0.3) is 0 Å². The van der Waals surface area contributed by atoms with Gasteiger partial charge in [0.05, 0.1) is 32.3 Å². The van der Waals surface area contributed by atoms with Gasteiger partial charge in [0, 0.05) is 6.07 Å². The molecule has 0 unspecified atom stereocenters. The second kappa shape index (κ2) is 8.59. The maximum atomic E-state index is 13.1. The van der Waals surface area contributed by atoms with Gasteiger partial charge in [-0.1, -0.05) is 0 Å². The monoisotopic (exact) mass is 421 g/mol. The molecule has 0 bridgehead atoms. The molecule has 12 heteroatoms. The minimum absolute atomic E-state index is 0.0898. The topological polar surface area (TPSA) is 108 Å². The van der Waals surface area contributed by atoms with Gasteiger partial charge >= 0.3 is 6.18 Å². The number of ether oxygens (including phenoxy) is 3. The number of carbonyl (C=O) groups excluding carboxylic acids is 1. The number of hydrogen-bond donors (Lipinski definition) is 1.